The Bertz CT molecular complexity index is 525. The van der Waals surface area contributed by atoms with E-state index in [0.717, 1.165) is 11.1 Å². The van der Waals surface area contributed by atoms with Crippen LogP contribution < -0.4 is 0 Å². The average Bonchev–Trinajstić information content (AvgIpc) is 2.46. The summed E-state index contributed by atoms with van der Waals surface area (Å²) in [5, 5.41) is 9.95. The van der Waals surface area contributed by atoms with Crippen LogP contribution in [0.4, 0.5) is 0 Å². The second-order valence-electron chi connectivity index (χ2n) is 5.18. The van der Waals surface area contributed by atoms with Crippen molar-refractivity contribution in [2.75, 3.05) is 20.6 Å². The van der Waals surface area contributed by atoms with Crippen LogP contribution in [0.3, 0.4) is 0 Å². The molecule has 0 amide bonds. The predicted molar refractivity (Wildman–Crippen MR) is 79.9 cm³/mol. The maximum atomic E-state index is 12.1. The molecule has 2 aromatic carbocycles. The molecule has 3 nitrogen and oxygen atoms in total. The van der Waals surface area contributed by atoms with Gasteiger partial charge in [0.1, 0.15) is 5.41 Å². The number of likely N-dealkylation sites (N-methyl/N-ethyl adjacent to an activating group) is 1. The first kappa shape index (κ1) is 14.3. The van der Waals surface area contributed by atoms with Crippen molar-refractivity contribution in [3.05, 3.63) is 71.8 Å². The van der Waals surface area contributed by atoms with E-state index < -0.39 is 11.4 Å². The molecule has 2 rings (SSSR count). The maximum Gasteiger partial charge on any atom is 0.319 e. The topological polar surface area (TPSA) is 40.5 Å². The fourth-order valence-corrected chi connectivity index (χ4v) is 2.58. The van der Waals surface area contributed by atoms with E-state index in [2.05, 4.69) is 0 Å². The highest BCUT2D eigenvalue weighted by Crippen LogP contribution is 2.33. The van der Waals surface area contributed by atoms with Gasteiger partial charge in [-0.2, -0.15) is 0 Å². The molecule has 1 N–H and O–H groups in total. The van der Waals surface area contributed by atoms with Gasteiger partial charge in [0.15, 0.2) is 0 Å². The average molecular weight is 269 g/mol. The molecule has 0 radical (unpaired) electrons. The molecule has 0 aromatic heterocycles. The first-order valence-corrected chi connectivity index (χ1v) is 6.56. The fourth-order valence-electron chi connectivity index (χ4n) is 2.58. The first-order valence-electron chi connectivity index (χ1n) is 6.56. The second kappa shape index (κ2) is 5.88. The van der Waals surface area contributed by atoms with Crippen LogP contribution >= 0.6 is 0 Å². The summed E-state index contributed by atoms with van der Waals surface area (Å²) in [5.41, 5.74) is 0.547. The van der Waals surface area contributed by atoms with Gasteiger partial charge in [-0.1, -0.05) is 60.7 Å². The second-order valence-corrected chi connectivity index (χ2v) is 5.18. The molecule has 104 valence electrons. The molecule has 0 fully saturated rings. The summed E-state index contributed by atoms with van der Waals surface area (Å²) in [6, 6.07) is 18.8. The zero-order chi connectivity index (χ0) is 14.6. The van der Waals surface area contributed by atoms with E-state index in [1.807, 2.05) is 79.7 Å². The molecule has 0 bridgehead atoms. The Morgan fingerprint density at radius 1 is 0.950 bits per heavy atom. The lowest BCUT2D eigenvalue weighted by molar-refractivity contribution is -0.142. The Morgan fingerprint density at radius 3 is 1.65 bits per heavy atom. The van der Waals surface area contributed by atoms with Crippen molar-refractivity contribution in [1.82, 2.24) is 4.90 Å². The number of carboxylic acids is 1. The minimum atomic E-state index is -1.05. The first-order chi connectivity index (χ1) is 9.57. The monoisotopic (exact) mass is 269 g/mol. The highest BCUT2D eigenvalue weighted by Gasteiger charge is 2.42. The molecule has 0 saturated carbocycles. The summed E-state index contributed by atoms with van der Waals surface area (Å²) < 4.78 is 0. The molecule has 20 heavy (non-hydrogen) atoms. The van der Waals surface area contributed by atoms with Gasteiger partial charge in [-0.05, 0) is 25.2 Å². The van der Waals surface area contributed by atoms with Crippen molar-refractivity contribution in [2.45, 2.75) is 5.41 Å². The summed E-state index contributed by atoms with van der Waals surface area (Å²) >= 11 is 0. The van der Waals surface area contributed by atoms with E-state index in [4.69, 9.17) is 0 Å². The van der Waals surface area contributed by atoms with Crippen molar-refractivity contribution in [3.8, 4) is 0 Å². The summed E-state index contributed by atoms with van der Waals surface area (Å²) in [7, 11) is 3.78. The molecule has 2 aromatic rings. The molecule has 0 aliphatic heterocycles. The Hall–Kier alpha value is -2.13. The van der Waals surface area contributed by atoms with Gasteiger partial charge in [0.25, 0.3) is 0 Å². The minimum Gasteiger partial charge on any atom is -0.480 e. The number of aliphatic carboxylic acids is 1. The summed E-state index contributed by atoms with van der Waals surface area (Å²) in [4.78, 5) is 14.0. The highest BCUT2D eigenvalue weighted by molar-refractivity contribution is 5.86. The number of carbonyl (C=O) groups is 1. The van der Waals surface area contributed by atoms with E-state index in [1.54, 1.807) is 0 Å². The molecule has 0 aliphatic carbocycles. The van der Waals surface area contributed by atoms with Crippen molar-refractivity contribution in [2.24, 2.45) is 0 Å². The molecule has 0 spiro atoms. The van der Waals surface area contributed by atoms with Gasteiger partial charge in [-0.15, -0.1) is 0 Å². The van der Waals surface area contributed by atoms with Crippen molar-refractivity contribution in [3.63, 3.8) is 0 Å². The zero-order valence-electron chi connectivity index (χ0n) is 11.8. The summed E-state index contributed by atoms with van der Waals surface area (Å²) in [6.45, 7) is 0.413. The number of hydrogen-bond donors (Lipinski definition) is 1. The molecule has 3 heteroatoms. The lowest BCUT2D eigenvalue weighted by atomic mass is 9.74. The zero-order valence-corrected chi connectivity index (χ0v) is 11.8. The standard InChI is InChI=1S/C17H19NO2/c1-18(2)13-17(16(19)20,14-9-5-3-6-10-14)15-11-7-4-8-12-15/h3-12H,13H2,1-2H3,(H,19,20). The van der Waals surface area contributed by atoms with Crippen LogP contribution in [0.25, 0.3) is 0 Å². The van der Waals surface area contributed by atoms with Crippen molar-refractivity contribution < 1.29 is 9.90 Å². The molecular weight excluding hydrogens is 250 g/mol. The van der Waals surface area contributed by atoms with Crippen LogP contribution in [0.2, 0.25) is 0 Å². The Labute approximate surface area is 119 Å². The molecule has 0 atom stereocenters. The predicted octanol–water partition coefficient (Wildman–Crippen LogP) is 2.62. The third-order valence-corrected chi connectivity index (χ3v) is 3.45. The molecular formula is C17H19NO2. The normalized spacial score (nSPS) is 11.6. The van der Waals surface area contributed by atoms with Crippen LogP contribution in [0.15, 0.2) is 60.7 Å². The number of hydrogen-bond acceptors (Lipinski definition) is 2. The minimum absolute atomic E-state index is 0.413. The quantitative estimate of drug-likeness (QED) is 0.907. The lowest BCUT2D eigenvalue weighted by Crippen LogP contribution is -2.45. The summed E-state index contributed by atoms with van der Waals surface area (Å²) in [5.74, 6) is -0.830. The van der Waals surface area contributed by atoms with Gasteiger partial charge in [0.05, 0.1) is 0 Å². The van der Waals surface area contributed by atoms with E-state index >= 15 is 0 Å². The van der Waals surface area contributed by atoms with Crippen LogP contribution in [0, 0.1) is 0 Å². The Morgan fingerprint density at radius 2 is 1.35 bits per heavy atom. The third kappa shape index (κ3) is 2.58. The number of nitrogens with zero attached hydrogens (tertiary/aromatic N) is 1. The van der Waals surface area contributed by atoms with Gasteiger partial charge in [0, 0.05) is 6.54 Å². The van der Waals surface area contributed by atoms with Crippen molar-refractivity contribution in [1.29, 1.82) is 0 Å². The van der Waals surface area contributed by atoms with E-state index in [0.29, 0.717) is 6.54 Å². The lowest BCUT2D eigenvalue weighted by Gasteiger charge is -2.33. The van der Waals surface area contributed by atoms with Crippen LogP contribution in [0.5, 0.6) is 0 Å². The van der Waals surface area contributed by atoms with E-state index in [1.165, 1.54) is 0 Å². The van der Waals surface area contributed by atoms with Crippen molar-refractivity contribution >= 4 is 5.97 Å². The third-order valence-electron chi connectivity index (χ3n) is 3.45. The number of benzene rings is 2. The smallest absolute Gasteiger partial charge is 0.319 e. The number of carboxylic acid groups (broad SMARTS) is 1. The number of rotatable bonds is 5. The van der Waals surface area contributed by atoms with Crippen LogP contribution in [-0.2, 0) is 10.2 Å². The molecule has 0 saturated heterocycles. The highest BCUT2D eigenvalue weighted by atomic mass is 16.4. The maximum absolute atomic E-state index is 12.1. The summed E-state index contributed by atoms with van der Waals surface area (Å²) in [6.07, 6.45) is 0. The van der Waals surface area contributed by atoms with Gasteiger partial charge in [0.2, 0.25) is 0 Å². The molecule has 0 heterocycles. The largest absolute Gasteiger partial charge is 0.480 e. The van der Waals surface area contributed by atoms with E-state index in [-0.39, 0.29) is 0 Å². The van der Waals surface area contributed by atoms with E-state index in [9.17, 15) is 9.90 Å². The molecule has 0 aliphatic rings. The van der Waals surface area contributed by atoms with Gasteiger partial charge >= 0.3 is 5.97 Å². The SMILES string of the molecule is CN(C)CC(C(=O)O)(c1ccccc1)c1ccccc1. The van der Waals surface area contributed by atoms with Gasteiger partial charge < -0.3 is 10.0 Å². The van der Waals surface area contributed by atoms with Gasteiger partial charge in [-0.3, -0.25) is 4.79 Å². The van der Waals surface area contributed by atoms with Gasteiger partial charge in [-0.25, -0.2) is 0 Å². The Kier molecular flexibility index (Phi) is 4.20. The van der Waals surface area contributed by atoms with Crippen LogP contribution in [-0.4, -0.2) is 36.6 Å². The van der Waals surface area contributed by atoms with Crippen LogP contribution in [0.1, 0.15) is 11.1 Å². The fraction of sp³-hybridized carbons (Fsp3) is 0.235. The Balaban J connectivity index is 2.66. The molecule has 0 unspecified atom stereocenters.